The highest BCUT2D eigenvalue weighted by atomic mass is 19.4. The van der Waals surface area contributed by atoms with Crippen LogP contribution in [-0.2, 0) is 6.18 Å². The summed E-state index contributed by atoms with van der Waals surface area (Å²) in [6.07, 6.45) is -3.55. The molecule has 0 saturated heterocycles. The number of rotatable bonds is 4. The molecule has 0 amide bonds. The van der Waals surface area contributed by atoms with Gasteiger partial charge in [-0.15, -0.1) is 0 Å². The Bertz CT molecular complexity index is 447. The van der Waals surface area contributed by atoms with Crippen molar-refractivity contribution in [1.82, 2.24) is 0 Å². The number of hydrogen-bond donors (Lipinski definition) is 1. The molecule has 2 nitrogen and oxygen atoms in total. The quantitative estimate of drug-likeness (QED) is 0.882. The lowest BCUT2D eigenvalue weighted by Crippen LogP contribution is -2.12. The van der Waals surface area contributed by atoms with E-state index in [4.69, 9.17) is 5.26 Å². The van der Waals surface area contributed by atoms with Crippen molar-refractivity contribution >= 4 is 5.69 Å². The van der Waals surface area contributed by atoms with E-state index in [0.717, 1.165) is 12.5 Å². The van der Waals surface area contributed by atoms with Crippen LogP contribution in [0.3, 0.4) is 0 Å². The van der Waals surface area contributed by atoms with Gasteiger partial charge in [0.2, 0.25) is 0 Å². The molecule has 0 aliphatic rings. The van der Waals surface area contributed by atoms with Gasteiger partial charge >= 0.3 is 6.18 Å². The minimum atomic E-state index is -4.50. The molecule has 1 atom stereocenters. The predicted octanol–water partition coefficient (Wildman–Crippen LogP) is 4.04. The fourth-order valence-electron chi connectivity index (χ4n) is 1.42. The van der Waals surface area contributed by atoms with Crippen molar-refractivity contribution in [2.45, 2.75) is 26.4 Å². The standard InChI is InChI=1S/C13H15F3N2/c1-3-9(2)8-18-11-5-4-10(7-17)12(6-11)13(14,15)16/h4-6,9,18H,3,8H2,1-2H3. The molecule has 1 aromatic carbocycles. The number of anilines is 1. The summed E-state index contributed by atoms with van der Waals surface area (Å²) in [6, 6.07) is 5.24. The van der Waals surface area contributed by atoms with Gasteiger partial charge in [-0.25, -0.2) is 0 Å². The summed E-state index contributed by atoms with van der Waals surface area (Å²) >= 11 is 0. The SMILES string of the molecule is CCC(C)CNc1ccc(C#N)c(C(F)(F)F)c1. The van der Waals surface area contributed by atoms with E-state index < -0.39 is 11.7 Å². The molecule has 0 aromatic heterocycles. The van der Waals surface area contributed by atoms with Crippen LogP contribution in [0, 0.1) is 17.2 Å². The largest absolute Gasteiger partial charge is 0.417 e. The van der Waals surface area contributed by atoms with Crippen molar-refractivity contribution in [1.29, 1.82) is 5.26 Å². The van der Waals surface area contributed by atoms with Crippen molar-refractivity contribution in [3.05, 3.63) is 29.3 Å². The number of alkyl halides is 3. The molecular weight excluding hydrogens is 241 g/mol. The minimum Gasteiger partial charge on any atom is -0.385 e. The molecule has 0 aliphatic carbocycles. The van der Waals surface area contributed by atoms with E-state index in [0.29, 0.717) is 18.2 Å². The van der Waals surface area contributed by atoms with Crippen LogP contribution in [0.5, 0.6) is 0 Å². The number of hydrogen-bond acceptors (Lipinski definition) is 2. The van der Waals surface area contributed by atoms with Gasteiger partial charge in [-0.05, 0) is 24.1 Å². The average molecular weight is 256 g/mol. The van der Waals surface area contributed by atoms with Crippen LogP contribution >= 0.6 is 0 Å². The van der Waals surface area contributed by atoms with Crippen LogP contribution in [0.25, 0.3) is 0 Å². The van der Waals surface area contributed by atoms with Gasteiger partial charge in [-0.2, -0.15) is 18.4 Å². The molecule has 0 spiro atoms. The first-order chi connectivity index (χ1) is 8.38. The minimum absolute atomic E-state index is 0.350. The average Bonchev–Trinajstić information content (AvgIpc) is 2.34. The fourth-order valence-corrected chi connectivity index (χ4v) is 1.42. The van der Waals surface area contributed by atoms with Crippen LogP contribution in [0.15, 0.2) is 18.2 Å². The van der Waals surface area contributed by atoms with Gasteiger partial charge in [0.25, 0.3) is 0 Å². The second-order valence-electron chi connectivity index (χ2n) is 4.26. The first kappa shape index (κ1) is 14.4. The molecule has 18 heavy (non-hydrogen) atoms. The molecule has 0 radical (unpaired) electrons. The first-order valence-electron chi connectivity index (χ1n) is 5.73. The Morgan fingerprint density at radius 1 is 1.39 bits per heavy atom. The van der Waals surface area contributed by atoms with Gasteiger partial charge < -0.3 is 5.32 Å². The zero-order chi connectivity index (χ0) is 13.8. The Labute approximate surface area is 104 Å². The summed E-state index contributed by atoms with van der Waals surface area (Å²) in [5.41, 5.74) is -0.850. The Hall–Kier alpha value is -1.70. The number of benzene rings is 1. The maximum Gasteiger partial charge on any atom is 0.417 e. The van der Waals surface area contributed by atoms with E-state index in [1.807, 2.05) is 13.8 Å². The lowest BCUT2D eigenvalue weighted by molar-refractivity contribution is -0.137. The summed E-state index contributed by atoms with van der Waals surface area (Å²) in [6.45, 7) is 4.65. The van der Waals surface area contributed by atoms with Gasteiger partial charge in [-0.1, -0.05) is 20.3 Å². The zero-order valence-electron chi connectivity index (χ0n) is 10.3. The van der Waals surface area contributed by atoms with Crippen LogP contribution < -0.4 is 5.32 Å². The Kier molecular flexibility index (Phi) is 4.60. The molecule has 0 bridgehead atoms. The Morgan fingerprint density at radius 2 is 2.06 bits per heavy atom. The lowest BCUT2D eigenvalue weighted by atomic mass is 10.1. The molecule has 0 saturated carbocycles. The van der Waals surface area contributed by atoms with Gasteiger partial charge in [-0.3, -0.25) is 0 Å². The van der Waals surface area contributed by atoms with Crippen LogP contribution in [0.2, 0.25) is 0 Å². The molecule has 1 unspecified atom stereocenters. The highest BCUT2D eigenvalue weighted by molar-refractivity contribution is 5.53. The zero-order valence-corrected chi connectivity index (χ0v) is 10.3. The third kappa shape index (κ3) is 3.66. The smallest absolute Gasteiger partial charge is 0.385 e. The monoisotopic (exact) mass is 256 g/mol. The predicted molar refractivity (Wildman–Crippen MR) is 64.1 cm³/mol. The third-order valence-corrected chi connectivity index (χ3v) is 2.80. The highest BCUT2D eigenvalue weighted by Gasteiger charge is 2.33. The molecule has 98 valence electrons. The summed E-state index contributed by atoms with van der Waals surface area (Å²) in [5, 5.41) is 11.6. The van der Waals surface area contributed by atoms with E-state index >= 15 is 0 Å². The van der Waals surface area contributed by atoms with E-state index in [-0.39, 0.29) is 5.56 Å². The Balaban J connectivity index is 2.94. The van der Waals surface area contributed by atoms with Crippen molar-refractivity contribution in [3.8, 4) is 6.07 Å². The third-order valence-electron chi connectivity index (χ3n) is 2.80. The Morgan fingerprint density at radius 3 is 2.56 bits per heavy atom. The van der Waals surface area contributed by atoms with E-state index in [9.17, 15) is 13.2 Å². The molecule has 1 N–H and O–H groups in total. The molecule has 0 fully saturated rings. The van der Waals surface area contributed by atoms with Crippen molar-refractivity contribution in [2.24, 2.45) is 5.92 Å². The molecule has 5 heteroatoms. The maximum atomic E-state index is 12.7. The van der Waals surface area contributed by atoms with Crippen molar-refractivity contribution < 1.29 is 13.2 Å². The van der Waals surface area contributed by atoms with Crippen LogP contribution in [0.4, 0.5) is 18.9 Å². The summed E-state index contributed by atoms with van der Waals surface area (Å²) < 4.78 is 38.1. The summed E-state index contributed by atoms with van der Waals surface area (Å²) in [5.74, 6) is 0.384. The van der Waals surface area contributed by atoms with Crippen LogP contribution in [-0.4, -0.2) is 6.54 Å². The summed E-state index contributed by atoms with van der Waals surface area (Å²) in [4.78, 5) is 0. The maximum absolute atomic E-state index is 12.7. The van der Waals surface area contributed by atoms with Crippen molar-refractivity contribution in [2.75, 3.05) is 11.9 Å². The van der Waals surface area contributed by atoms with Crippen molar-refractivity contribution in [3.63, 3.8) is 0 Å². The molecule has 1 rings (SSSR count). The number of nitrogens with zero attached hydrogens (tertiary/aromatic N) is 1. The molecule has 0 heterocycles. The summed E-state index contributed by atoms with van der Waals surface area (Å²) in [7, 11) is 0. The number of halogens is 3. The lowest BCUT2D eigenvalue weighted by Gasteiger charge is -2.14. The van der Waals surface area contributed by atoms with E-state index in [2.05, 4.69) is 5.32 Å². The second kappa shape index (κ2) is 5.76. The topological polar surface area (TPSA) is 35.8 Å². The van der Waals surface area contributed by atoms with E-state index in [1.54, 1.807) is 6.07 Å². The van der Waals surface area contributed by atoms with Gasteiger partial charge in [0.05, 0.1) is 17.2 Å². The van der Waals surface area contributed by atoms with Gasteiger partial charge in [0.15, 0.2) is 0 Å². The van der Waals surface area contributed by atoms with Crippen LogP contribution in [0.1, 0.15) is 31.4 Å². The normalized spacial score (nSPS) is 12.9. The fraction of sp³-hybridized carbons (Fsp3) is 0.462. The molecule has 0 aliphatic heterocycles. The van der Waals surface area contributed by atoms with Gasteiger partial charge in [0.1, 0.15) is 0 Å². The second-order valence-corrected chi connectivity index (χ2v) is 4.26. The number of nitriles is 1. The molecular formula is C13H15F3N2. The highest BCUT2D eigenvalue weighted by Crippen LogP contribution is 2.33. The number of nitrogens with one attached hydrogen (secondary N) is 1. The van der Waals surface area contributed by atoms with E-state index in [1.165, 1.54) is 12.1 Å². The van der Waals surface area contributed by atoms with Gasteiger partial charge in [0, 0.05) is 12.2 Å². The first-order valence-corrected chi connectivity index (χ1v) is 5.73. The molecule has 1 aromatic rings.